The molecule has 78 valence electrons. The molecule has 2 aromatic rings. The zero-order chi connectivity index (χ0) is 11.0. The molecule has 2 N–H and O–H groups in total. The molecule has 0 spiro atoms. The third-order valence-electron chi connectivity index (χ3n) is 2.50. The van der Waals surface area contributed by atoms with E-state index in [-0.39, 0.29) is 5.56 Å². The van der Waals surface area contributed by atoms with E-state index in [2.05, 4.69) is 6.58 Å². The normalized spacial score (nSPS) is 10.7. The van der Waals surface area contributed by atoms with Crippen LogP contribution in [0, 0.1) is 0 Å². The molecule has 0 saturated heterocycles. The number of rotatable bonds is 2. The quantitative estimate of drug-likeness (QED) is 0.587. The van der Waals surface area contributed by atoms with Crippen LogP contribution < -0.4 is 11.3 Å². The van der Waals surface area contributed by atoms with Gasteiger partial charge in [0.05, 0.1) is 17.4 Å². The molecule has 0 aliphatic heterocycles. The number of hydrogen-bond donors (Lipinski definition) is 1. The van der Waals surface area contributed by atoms with E-state index in [0.29, 0.717) is 17.6 Å². The van der Waals surface area contributed by atoms with Crippen LogP contribution in [0.15, 0.2) is 35.6 Å². The van der Waals surface area contributed by atoms with Crippen molar-refractivity contribution in [2.75, 3.05) is 5.73 Å². The van der Waals surface area contributed by atoms with Crippen LogP contribution in [0.25, 0.3) is 10.9 Å². The Balaban J connectivity index is 2.85. The number of hydrogen-bond acceptors (Lipinski definition) is 2. The summed E-state index contributed by atoms with van der Waals surface area (Å²) >= 11 is 0. The lowest BCUT2D eigenvalue weighted by Crippen LogP contribution is -2.20. The van der Waals surface area contributed by atoms with Gasteiger partial charge in [-0.1, -0.05) is 6.08 Å². The Hall–Kier alpha value is -1.97. The van der Waals surface area contributed by atoms with E-state index < -0.39 is 0 Å². The molecular formula is C11H13N3O. The van der Waals surface area contributed by atoms with Crippen LogP contribution in [0.2, 0.25) is 0 Å². The molecule has 1 heterocycles. The van der Waals surface area contributed by atoms with Crippen molar-refractivity contribution in [1.29, 1.82) is 0 Å². The van der Waals surface area contributed by atoms with Gasteiger partial charge < -0.3 is 5.73 Å². The number of nitrogen functional groups attached to an aromatic ring is 1. The van der Waals surface area contributed by atoms with Crippen LogP contribution in [-0.4, -0.2) is 9.36 Å². The Morgan fingerprint density at radius 2 is 2.27 bits per heavy atom. The fourth-order valence-corrected chi connectivity index (χ4v) is 1.73. The maximum absolute atomic E-state index is 11.9. The van der Waals surface area contributed by atoms with E-state index in [1.165, 1.54) is 0 Å². The van der Waals surface area contributed by atoms with Crippen LogP contribution in [0.1, 0.15) is 0 Å². The van der Waals surface area contributed by atoms with Gasteiger partial charge in [0.1, 0.15) is 0 Å². The number of aryl methyl sites for hydroxylation is 1. The maximum Gasteiger partial charge on any atom is 0.274 e. The summed E-state index contributed by atoms with van der Waals surface area (Å²) in [5.74, 6) is 0. The summed E-state index contributed by atoms with van der Waals surface area (Å²) < 4.78 is 3.42. The second kappa shape index (κ2) is 3.31. The monoisotopic (exact) mass is 203 g/mol. The molecule has 0 radical (unpaired) electrons. The van der Waals surface area contributed by atoms with Crippen LogP contribution in [0.4, 0.5) is 5.69 Å². The molecule has 0 bridgehead atoms. The van der Waals surface area contributed by atoms with Crippen molar-refractivity contribution in [2.45, 2.75) is 6.54 Å². The topological polar surface area (TPSA) is 52.9 Å². The van der Waals surface area contributed by atoms with Gasteiger partial charge in [0.2, 0.25) is 0 Å². The number of anilines is 1. The summed E-state index contributed by atoms with van der Waals surface area (Å²) in [6.45, 7) is 4.13. The lowest BCUT2D eigenvalue weighted by molar-refractivity contribution is 0.557. The minimum atomic E-state index is -0.00704. The smallest absolute Gasteiger partial charge is 0.274 e. The Morgan fingerprint density at radius 3 is 2.93 bits per heavy atom. The molecule has 0 fully saturated rings. The van der Waals surface area contributed by atoms with Gasteiger partial charge >= 0.3 is 0 Å². The van der Waals surface area contributed by atoms with Crippen molar-refractivity contribution in [3.63, 3.8) is 0 Å². The van der Waals surface area contributed by atoms with Crippen molar-refractivity contribution >= 4 is 16.6 Å². The average Bonchev–Trinajstić information content (AvgIpc) is 2.44. The highest BCUT2D eigenvalue weighted by Gasteiger charge is 2.08. The van der Waals surface area contributed by atoms with Crippen molar-refractivity contribution in [3.05, 3.63) is 41.2 Å². The zero-order valence-corrected chi connectivity index (χ0v) is 8.60. The third-order valence-corrected chi connectivity index (χ3v) is 2.50. The number of aromatic nitrogens is 2. The average molecular weight is 203 g/mol. The molecule has 0 saturated carbocycles. The van der Waals surface area contributed by atoms with Crippen LogP contribution in [-0.2, 0) is 13.6 Å². The van der Waals surface area contributed by atoms with E-state index >= 15 is 0 Å². The first-order valence-electron chi connectivity index (χ1n) is 4.71. The third kappa shape index (κ3) is 1.34. The van der Waals surface area contributed by atoms with Gasteiger partial charge in [0.15, 0.2) is 0 Å². The fourth-order valence-electron chi connectivity index (χ4n) is 1.73. The van der Waals surface area contributed by atoms with Crippen molar-refractivity contribution in [1.82, 2.24) is 9.36 Å². The van der Waals surface area contributed by atoms with Crippen LogP contribution >= 0.6 is 0 Å². The Bertz CT molecular complexity index is 577. The van der Waals surface area contributed by atoms with Crippen molar-refractivity contribution < 1.29 is 0 Å². The minimum Gasteiger partial charge on any atom is -0.399 e. The van der Waals surface area contributed by atoms with E-state index in [0.717, 1.165) is 5.52 Å². The summed E-state index contributed by atoms with van der Waals surface area (Å²) in [7, 11) is 1.84. The van der Waals surface area contributed by atoms with Crippen molar-refractivity contribution in [2.24, 2.45) is 7.05 Å². The Labute approximate surface area is 87.2 Å². The second-order valence-electron chi connectivity index (χ2n) is 3.48. The summed E-state index contributed by atoms with van der Waals surface area (Å²) in [6.07, 6.45) is 1.70. The Morgan fingerprint density at radius 1 is 1.53 bits per heavy atom. The number of fused-ring (bicyclic) bond motifs is 1. The predicted molar refractivity (Wildman–Crippen MR) is 61.8 cm³/mol. The SMILES string of the molecule is C=CCn1c(=O)c2ccc(N)cc2n1C. The Kier molecular flexibility index (Phi) is 2.11. The summed E-state index contributed by atoms with van der Waals surface area (Å²) in [4.78, 5) is 11.9. The molecule has 0 unspecified atom stereocenters. The van der Waals surface area contributed by atoms with Gasteiger partial charge in [-0.3, -0.25) is 9.48 Å². The summed E-state index contributed by atoms with van der Waals surface area (Å²) in [5, 5.41) is 0.688. The number of allylic oxidation sites excluding steroid dienone is 1. The fraction of sp³-hybridized carbons (Fsp3) is 0.182. The summed E-state index contributed by atoms with van der Waals surface area (Å²) in [5.41, 5.74) is 7.18. The standard InChI is InChI=1S/C11H13N3O/c1-3-6-14-11(15)9-5-4-8(12)7-10(9)13(14)2/h3-5,7H,1,6,12H2,2H3. The van der Waals surface area contributed by atoms with E-state index in [1.54, 1.807) is 33.6 Å². The van der Waals surface area contributed by atoms with Crippen LogP contribution in [0.5, 0.6) is 0 Å². The molecule has 15 heavy (non-hydrogen) atoms. The summed E-state index contributed by atoms with van der Waals surface area (Å²) in [6, 6.07) is 5.30. The number of nitrogens with two attached hydrogens (primary N) is 1. The highest BCUT2D eigenvalue weighted by molar-refractivity contribution is 5.81. The van der Waals surface area contributed by atoms with Gasteiger partial charge in [0.25, 0.3) is 5.56 Å². The first kappa shape index (κ1) is 9.58. The first-order chi connectivity index (χ1) is 7.15. The van der Waals surface area contributed by atoms with Gasteiger partial charge in [0, 0.05) is 12.7 Å². The minimum absolute atomic E-state index is 0.00704. The molecule has 4 nitrogen and oxygen atoms in total. The second-order valence-corrected chi connectivity index (χ2v) is 3.48. The predicted octanol–water partition coefficient (Wildman–Crippen LogP) is 1.11. The highest BCUT2D eigenvalue weighted by Crippen LogP contribution is 2.14. The largest absolute Gasteiger partial charge is 0.399 e. The maximum atomic E-state index is 11.9. The van der Waals surface area contributed by atoms with Gasteiger partial charge in [-0.25, -0.2) is 4.68 Å². The van der Waals surface area contributed by atoms with E-state index in [1.807, 2.05) is 7.05 Å². The molecule has 1 aromatic heterocycles. The van der Waals surface area contributed by atoms with E-state index in [4.69, 9.17) is 5.73 Å². The molecule has 4 heteroatoms. The van der Waals surface area contributed by atoms with Gasteiger partial charge in [-0.2, -0.15) is 0 Å². The molecule has 0 aliphatic carbocycles. The number of benzene rings is 1. The molecule has 0 atom stereocenters. The number of nitrogens with zero attached hydrogens (tertiary/aromatic N) is 2. The lowest BCUT2D eigenvalue weighted by Gasteiger charge is -2.03. The first-order valence-corrected chi connectivity index (χ1v) is 4.71. The van der Waals surface area contributed by atoms with Gasteiger partial charge in [-0.05, 0) is 18.2 Å². The lowest BCUT2D eigenvalue weighted by atomic mass is 10.2. The molecule has 2 rings (SSSR count). The van der Waals surface area contributed by atoms with E-state index in [9.17, 15) is 4.79 Å². The van der Waals surface area contributed by atoms with Crippen molar-refractivity contribution in [3.8, 4) is 0 Å². The zero-order valence-electron chi connectivity index (χ0n) is 8.60. The molecule has 0 aliphatic rings. The molecule has 1 aromatic carbocycles. The highest BCUT2D eigenvalue weighted by atomic mass is 16.1. The molecular weight excluding hydrogens is 190 g/mol. The molecule has 0 amide bonds. The van der Waals surface area contributed by atoms with Gasteiger partial charge in [-0.15, -0.1) is 6.58 Å². The van der Waals surface area contributed by atoms with Crippen LogP contribution in [0.3, 0.4) is 0 Å².